The zero-order valence-corrected chi connectivity index (χ0v) is 6.87. The van der Waals surface area contributed by atoms with Gasteiger partial charge in [0.05, 0.1) is 0 Å². The summed E-state index contributed by atoms with van der Waals surface area (Å²) in [4.78, 5) is 0. The van der Waals surface area contributed by atoms with Gasteiger partial charge in [-0.25, -0.2) is 8.78 Å². The highest BCUT2D eigenvalue weighted by atomic mass is 19.3. The van der Waals surface area contributed by atoms with E-state index in [4.69, 9.17) is 0 Å². The topological polar surface area (TPSA) is 12.0 Å². The molecule has 1 rings (SSSR count). The van der Waals surface area contributed by atoms with Crippen molar-refractivity contribution in [1.82, 2.24) is 5.32 Å². The second kappa shape index (κ2) is 3.48. The van der Waals surface area contributed by atoms with E-state index in [9.17, 15) is 8.78 Å². The van der Waals surface area contributed by atoms with Crippen molar-refractivity contribution in [2.24, 2.45) is 5.92 Å². The lowest BCUT2D eigenvalue weighted by molar-refractivity contribution is 0.00731. The van der Waals surface area contributed by atoms with E-state index in [1.54, 1.807) is 0 Å². The van der Waals surface area contributed by atoms with Gasteiger partial charge in [-0.1, -0.05) is 0 Å². The molecular formula is C8H15F2N. The molecule has 1 unspecified atom stereocenters. The maximum absolute atomic E-state index is 12.4. The van der Waals surface area contributed by atoms with Gasteiger partial charge in [-0.05, 0) is 38.8 Å². The van der Waals surface area contributed by atoms with E-state index in [1.807, 2.05) is 0 Å². The normalized spacial score (nSPS) is 25.9. The smallest absolute Gasteiger partial charge is 0.245 e. The van der Waals surface area contributed by atoms with Gasteiger partial charge in [-0.2, -0.15) is 0 Å². The van der Waals surface area contributed by atoms with E-state index in [1.165, 1.54) is 0 Å². The third-order valence-corrected chi connectivity index (χ3v) is 2.15. The van der Waals surface area contributed by atoms with Crippen LogP contribution in [0.5, 0.6) is 0 Å². The predicted molar refractivity (Wildman–Crippen MR) is 40.8 cm³/mol. The fraction of sp³-hybridized carbons (Fsp3) is 1.00. The summed E-state index contributed by atoms with van der Waals surface area (Å²) in [5.41, 5.74) is 0. The second-order valence-electron chi connectivity index (χ2n) is 3.47. The summed E-state index contributed by atoms with van der Waals surface area (Å²) in [7, 11) is 0. The van der Waals surface area contributed by atoms with E-state index < -0.39 is 5.92 Å². The average Bonchev–Trinajstić information content (AvgIpc) is 2.32. The summed E-state index contributed by atoms with van der Waals surface area (Å²) in [6.07, 6.45) is 1.77. The van der Waals surface area contributed by atoms with Crippen molar-refractivity contribution in [1.29, 1.82) is 0 Å². The number of hydrogen-bond donors (Lipinski definition) is 1. The lowest BCUT2D eigenvalue weighted by atomic mass is 10.0. The lowest BCUT2D eigenvalue weighted by Gasteiger charge is -2.12. The molecule has 3 heteroatoms. The summed E-state index contributed by atoms with van der Waals surface area (Å²) >= 11 is 0. The lowest BCUT2D eigenvalue weighted by Crippen LogP contribution is -2.14. The van der Waals surface area contributed by atoms with Crippen LogP contribution in [0.3, 0.4) is 0 Å². The fourth-order valence-electron chi connectivity index (χ4n) is 1.42. The van der Waals surface area contributed by atoms with Gasteiger partial charge in [0, 0.05) is 6.42 Å². The van der Waals surface area contributed by atoms with Crippen LogP contribution in [0.1, 0.15) is 26.2 Å². The maximum atomic E-state index is 12.4. The summed E-state index contributed by atoms with van der Waals surface area (Å²) in [6.45, 7) is 2.92. The van der Waals surface area contributed by atoms with E-state index in [-0.39, 0.29) is 6.42 Å². The Bertz CT molecular complexity index is 114. The van der Waals surface area contributed by atoms with E-state index >= 15 is 0 Å². The Morgan fingerprint density at radius 1 is 1.55 bits per heavy atom. The van der Waals surface area contributed by atoms with Gasteiger partial charge in [0.15, 0.2) is 0 Å². The Balaban J connectivity index is 2.11. The highest BCUT2D eigenvalue weighted by Gasteiger charge is 2.24. The third-order valence-electron chi connectivity index (χ3n) is 2.15. The monoisotopic (exact) mass is 163 g/mol. The molecule has 0 saturated carbocycles. The van der Waals surface area contributed by atoms with Gasteiger partial charge in [0.1, 0.15) is 0 Å². The van der Waals surface area contributed by atoms with Crippen LogP contribution in [0.25, 0.3) is 0 Å². The van der Waals surface area contributed by atoms with E-state index in [2.05, 4.69) is 5.32 Å². The molecule has 1 saturated heterocycles. The molecule has 0 aromatic rings. The zero-order valence-electron chi connectivity index (χ0n) is 6.87. The van der Waals surface area contributed by atoms with Crippen molar-refractivity contribution < 1.29 is 8.78 Å². The molecule has 0 radical (unpaired) electrons. The molecule has 1 aliphatic rings. The molecule has 1 fully saturated rings. The van der Waals surface area contributed by atoms with E-state index in [0.29, 0.717) is 12.3 Å². The van der Waals surface area contributed by atoms with Crippen LogP contribution < -0.4 is 5.32 Å². The molecule has 0 aromatic heterocycles. The number of halogens is 2. The van der Waals surface area contributed by atoms with Gasteiger partial charge in [0.25, 0.3) is 0 Å². The zero-order chi connectivity index (χ0) is 8.32. The second-order valence-corrected chi connectivity index (χ2v) is 3.47. The van der Waals surface area contributed by atoms with Crippen LogP contribution in [-0.2, 0) is 0 Å². The molecule has 0 aliphatic carbocycles. The first kappa shape index (κ1) is 8.91. The van der Waals surface area contributed by atoms with Crippen LogP contribution >= 0.6 is 0 Å². The van der Waals surface area contributed by atoms with Gasteiger partial charge in [-0.3, -0.25) is 0 Å². The number of hydrogen-bond acceptors (Lipinski definition) is 1. The summed E-state index contributed by atoms with van der Waals surface area (Å²) in [6, 6.07) is 0. The molecule has 1 N–H and O–H groups in total. The summed E-state index contributed by atoms with van der Waals surface area (Å²) < 4.78 is 24.7. The van der Waals surface area contributed by atoms with Crippen LogP contribution in [0.4, 0.5) is 8.78 Å². The number of rotatable bonds is 3. The third kappa shape index (κ3) is 3.65. The highest BCUT2D eigenvalue weighted by molar-refractivity contribution is 4.73. The molecule has 0 amide bonds. The Morgan fingerprint density at radius 2 is 2.27 bits per heavy atom. The largest absolute Gasteiger partial charge is 0.316 e. The highest BCUT2D eigenvalue weighted by Crippen LogP contribution is 2.24. The Kier molecular flexibility index (Phi) is 2.82. The molecular weight excluding hydrogens is 148 g/mol. The quantitative estimate of drug-likeness (QED) is 0.671. The minimum atomic E-state index is -2.47. The molecule has 66 valence electrons. The fourth-order valence-corrected chi connectivity index (χ4v) is 1.42. The minimum absolute atomic E-state index is 0.0410. The molecule has 1 heterocycles. The van der Waals surface area contributed by atoms with Crippen molar-refractivity contribution >= 4 is 0 Å². The number of alkyl halides is 2. The first-order chi connectivity index (χ1) is 5.08. The molecule has 1 aliphatic heterocycles. The molecule has 0 spiro atoms. The minimum Gasteiger partial charge on any atom is -0.316 e. The van der Waals surface area contributed by atoms with Crippen LogP contribution in [0, 0.1) is 5.92 Å². The predicted octanol–water partition coefficient (Wildman–Crippen LogP) is 2.03. The van der Waals surface area contributed by atoms with Crippen LogP contribution in [-0.4, -0.2) is 19.0 Å². The van der Waals surface area contributed by atoms with Gasteiger partial charge < -0.3 is 5.32 Å². The van der Waals surface area contributed by atoms with Crippen molar-refractivity contribution in [3.05, 3.63) is 0 Å². The SMILES string of the molecule is CC(F)(F)CCC1CCNC1. The van der Waals surface area contributed by atoms with Crippen molar-refractivity contribution in [3.8, 4) is 0 Å². The number of nitrogens with one attached hydrogen (secondary N) is 1. The molecule has 1 nitrogen and oxygen atoms in total. The Hall–Kier alpha value is -0.180. The van der Waals surface area contributed by atoms with E-state index in [0.717, 1.165) is 26.4 Å². The molecule has 0 bridgehead atoms. The average molecular weight is 163 g/mol. The van der Waals surface area contributed by atoms with Crippen LogP contribution in [0.2, 0.25) is 0 Å². The molecule has 0 aromatic carbocycles. The molecule has 11 heavy (non-hydrogen) atoms. The first-order valence-corrected chi connectivity index (χ1v) is 4.16. The summed E-state index contributed by atoms with van der Waals surface area (Å²) in [5.74, 6) is -1.98. The molecule has 1 atom stereocenters. The van der Waals surface area contributed by atoms with Crippen LogP contribution in [0.15, 0.2) is 0 Å². The van der Waals surface area contributed by atoms with Gasteiger partial charge >= 0.3 is 0 Å². The van der Waals surface area contributed by atoms with Crippen molar-refractivity contribution in [2.45, 2.75) is 32.1 Å². The maximum Gasteiger partial charge on any atom is 0.245 e. The standard InChI is InChI=1S/C8H15F2N/c1-8(9,10)4-2-7-3-5-11-6-7/h7,11H,2-6H2,1H3. The van der Waals surface area contributed by atoms with Crippen molar-refractivity contribution in [3.63, 3.8) is 0 Å². The Labute approximate surface area is 66.2 Å². The van der Waals surface area contributed by atoms with Gasteiger partial charge in [-0.15, -0.1) is 0 Å². The van der Waals surface area contributed by atoms with Gasteiger partial charge in [0.2, 0.25) is 5.92 Å². The first-order valence-electron chi connectivity index (χ1n) is 4.16. The Morgan fingerprint density at radius 3 is 2.73 bits per heavy atom. The van der Waals surface area contributed by atoms with Crippen molar-refractivity contribution in [2.75, 3.05) is 13.1 Å². The summed E-state index contributed by atoms with van der Waals surface area (Å²) in [5, 5.41) is 3.16.